The molecule has 0 aromatic heterocycles. The van der Waals surface area contributed by atoms with Crippen LogP contribution in [0.1, 0.15) is 13.8 Å². The molecule has 0 bridgehead atoms. The monoisotopic (exact) mass is 150 g/mol. The van der Waals surface area contributed by atoms with Crippen LogP contribution in [0.3, 0.4) is 0 Å². The average Bonchev–Trinajstić information content (AvgIpc) is 1.63. The Morgan fingerprint density at radius 1 is 1.56 bits per heavy atom. The van der Waals surface area contributed by atoms with Crippen LogP contribution < -0.4 is 4.72 Å². The summed E-state index contributed by atoms with van der Waals surface area (Å²) < 4.78 is 23.3. The normalized spacial score (nSPS) is 12.4. The summed E-state index contributed by atoms with van der Waals surface area (Å²) in [7, 11) is -0.00741. The molecule has 0 aliphatic heterocycles. The van der Waals surface area contributed by atoms with Crippen molar-refractivity contribution in [2.45, 2.75) is 13.8 Å². The first-order valence-electron chi connectivity index (χ1n) is 2.74. The Balaban J connectivity index is 3.90. The second kappa shape index (κ2) is 3.17. The van der Waals surface area contributed by atoms with Gasteiger partial charge in [0.15, 0.2) is 0 Å². The van der Waals surface area contributed by atoms with E-state index in [0.717, 1.165) is 0 Å². The van der Waals surface area contributed by atoms with Gasteiger partial charge in [-0.05, 0) is 5.92 Å². The van der Waals surface area contributed by atoms with Crippen molar-refractivity contribution in [3.8, 4) is 0 Å². The molecule has 0 rings (SSSR count). The zero-order chi connectivity index (χ0) is 7.49. The lowest BCUT2D eigenvalue weighted by Crippen LogP contribution is -2.22. The fraction of sp³-hybridized carbons (Fsp3) is 0.800. The van der Waals surface area contributed by atoms with E-state index in [0.29, 0.717) is 0 Å². The summed E-state index contributed by atoms with van der Waals surface area (Å²) in [6, 6.07) is 0. The highest BCUT2D eigenvalue weighted by molar-refractivity contribution is 7.89. The van der Waals surface area contributed by atoms with Crippen molar-refractivity contribution >= 4 is 10.0 Å². The van der Waals surface area contributed by atoms with Crippen molar-refractivity contribution < 1.29 is 8.42 Å². The van der Waals surface area contributed by atoms with Gasteiger partial charge < -0.3 is 0 Å². The Morgan fingerprint density at radius 2 is 2.00 bits per heavy atom. The number of hydrogen-bond acceptors (Lipinski definition) is 2. The summed E-state index contributed by atoms with van der Waals surface area (Å²) in [5.74, 6) is 0.306. The van der Waals surface area contributed by atoms with Crippen LogP contribution in [0.5, 0.6) is 0 Å². The largest absolute Gasteiger partial charge is 0.214 e. The van der Waals surface area contributed by atoms with Gasteiger partial charge in [-0.15, -0.1) is 0 Å². The van der Waals surface area contributed by atoms with Gasteiger partial charge in [-0.1, -0.05) is 13.8 Å². The van der Waals surface area contributed by atoms with Crippen LogP contribution in [-0.2, 0) is 10.0 Å². The smallest absolute Gasteiger partial charge is 0.211 e. The lowest BCUT2D eigenvalue weighted by atomic mass is 10.3. The van der Waals surface area contributed by atoms with Gasteiger partial charge in [0.25, 0.3) is 0 Å². The molecule has 0 aliphatic rings. The third kappa shape index (κ3) is 4.42. The van der Waals surface area contributed by atoms with Crippen molar-refractivity contribution in [3.63, 3.8) is 0 Å². The van der Waals surface area contributed by atoms with Crippen LogP contribution >= 0.6 is 0 Å². The minimum atomic E-state index is -3.08. The highest BCUT2D eigenvalue weighted by Gasteiger charge is 2.08. The molecule has 0 heterocycles. The van der Waals surface area contributed by atoms with Crippen LogP contribution in [0.15, 0.2) is 0 Å². The summed E-state index contributed by atoms with van der Waals surface area (Å²) in [5, 5.41) is 0. The predicted molar refractivity (Wildman–Crippen MR) is 37.1 cm³/mol. The second-order valence-corrected chi connectivity index (χ2v) is 4.17. The van der Waals surface area contributed by atoms with E-state index < -0.39 is 10.0 Å². The average molecular weight is 150 g/mol. The molecule has 4 heteroatoms. The van der Waals surface area contributed by atoms with Crippen LogP contribution in [0, 0.1) is 13.0 Å². The topological polar surface area (TPSA) is 46.2 Å². The molecule has 55 valence electrons. The molecule has 1 radical (unpaired) electrons. The molecule has 9 heavy (non-hydrogen) atoms. The molecule has 0 atom stereocenters. The fourth-order valence-electron chi connectivity index (χ4n) is 0.498. The maximum Gasteiger partial charge on any atom is 0.211 e. The quantitative estimate of drug-likeness (QED) is 0.631. The van der Waals surface area contributed by atoms with Crippen LogP contribution in [0.4, 0.5) is 0 Å². The molecule has 0 aliphatic carbocycles. The van der Waals surface area contributed by atoms with Crippen molar-refractivity contribution in [1.82, 2.24) is 4.72 Å². The lowest BCUT2D eigenvalue weighted by molar-refractivity contribution is 0.576. The Labute approximate surface area is 56.5 Å². The highest BCUT2D eigenvalue weighted by Crippen LogP contribution is 1.95. The van der Waals surface area contributed by atoms with Crippen LogP contribution in [-0.4, -0.2) is 14.2 Å². The Kier molecular flexibility index (Phi) is 3.14. The van der Waals surface area contributed by atoms with Crippen molar-refractivity contribution in [1.29, 1.82) is 0 Å². The van der Waals surface area contributed by atoms with Gasteiger partial charge in [-0.3, -0.25) is 0 Å². The van der Waals surface area contributed by atoms with E-state index >= 15 is 0 Å². The van der Waals surface area contributed by atoms with Gasteiger partial charge in [0.2, 0.25) is 10.0 Å². The van der Waals surface area contributed by atoms with Gasteiger partial charge in [-0.25, -0.2) is 13.1 Å². The molecule has 0 amide bonds. The molecule has 0 aromatic rings. The number of nitrogens with one attached hydrogen (secondary N) is 1. The molecule has 0 fully saturated rings. The molecule has 0 spiro atoms. The van der Waals surface area contributed by atoms with Crippen molar-refractivity contribution in [2.75, 3.05) is 5.75 Å². The molecular weight excluding hydrogens is 138 g/mol. The minimum Gasteiger partial charge on any atom is -0.214 e. The standard InChI is InChI=1S/C5H12NO2S/c1-5(2)4-9(7,8)6-3/h5-6H,3-4H2,1-2H3. The number of rotatable bonds is 3. The van der Waals surface area contributed by atoms with E-state index in [4.69, 9.17) is 0 Å². The maximum atomic E-state index is 10.6. The molecule has 3 nitrogen and oxygen atoms in total. The fourth-order valence-corrected chi connectivity index (χ4v) is 1.49. The zero-order valence-corrected chi connectivity index (χ0v) is 6.53. The zero-order valence-electron chi connectivity index (χ0n) is 5.72. The molecule has 0 saturated heterocycles. The molecule has 0 unspecified atom stereocenters. The van der Waals surface area contributed by atoms with E-state index in [2.05, 4.69) is 7.05 Å². The van der Waals surface area contributed by atoms with Crippen LogP contribution in [0.25, 0.3) is 0 Å². The van der Waals surface area contributed by atoms with Gasteiger partial charge in [0.1, 0.15) is 0 Å². The Bertz CT molecular complexity index is 160. The van der Waals surface area contributed by atoms with Gasteiger partial charge in [0.05, 0.1) is 5.75 Å². The predicted octanol–water partition coefficient (Wildman–Crippen LogP) is 0.353. The van der Waals surface area contributed by atoms with Gasteiger partial charge in [0, 0.05) is 7.05 Å². The van der Waals surface area contributed by atoms with E-state index in [9.17, 15) is 8.42 Å². The van der Waals surface area contributed by atoms with Crippen molar-refractivity contribution in [3.05, 3.63) is 7.05 Å². The summed E-state index contributed by atoms with van der Waals surface area (Å²) in [6.45, 7) is 3.68. The molecular formula is C5H12NO2S. The van der Waals surface area contributed by atoms with E-state index in [1.807, 2.05) is 18.6 Å². The third-order valence-corrected chi connectivity index (χ3v) is 2.32. The van der Waals surface area contributed by atoms with Gasteiger partial charge in [-0.2, -0.15) is 0 Å². The molecule has 0 aromatic carbocycles. The first-order valence-corrected chi connectivity index (χ1v) is 4.39. The van der Waals surface area contributed by atoms with Crippen molar-refractivity contribution in [2.24, 2.45) is 5.92 Å². The highest BCUT2D eigenvalue weighted by atomic mass is 32.2. The summed E-state index contributed by atoms with van der Waals surface area (Å²) in [5.41, 5.74) is 0. The van der Waals surface area contributed by atoms with Gasteiger partial charge >= 0.3 is 0 Å². The Hall–Kier alpha value is -0.0900. The van der Waals surface area contributed by atoms with E-state index in [-0.39, 0.29) is 11.7 Å². The summed E-state index contributed by atoms with van der Waals surface area (Å²) in [4.78, 5) is 0. The third-order valence-electron chi connectivity index (χ3n) is 0.773. The summed E-state index contributed by atoms with van der Waals surface area (Å²) in [6.07, 6.45) is 0. The first kappa shape index (κ1) is 8.91. The Morgan fingerprint density at radius 3 is 2.11 bits per heavy atom. The minimum absolute atomic E-state index is 0.149. The van der Waals surface area contributed by atoms with E-state index in [1.165, 1.54) is 0 Å². The first-order chi connectivity index (χ1) is 3.98. The SMILES string of the molecule is [CH2]NS(=O)(=O)CC(C)C. The molecule has 1 N–H and O–H groups in total. The lowest BCUT2D eigenvalue weighted by Gasteiger charge is -2.03. The molecule has 0 saturated carbocycles. The summed E-state index contributed by atoms with van der Waals surface area (Å²) >= 11 is 0. The number of hydrogen-bond donors (Lipinski definition) is 1. The maximum absolute atomic E-state index is 10.6. The number of sulfonamides is 1. The second-order valence-electron chi connectivity index (χ2n) is 2.32. The van der Waals surface area contributed by atoms with Crippen LogP contribution in [0.2, 0.25) is 0 Å². The van der Waals surface area contributed by atoms with E-state index in [1.54, 1.807) is 0 Å².